The molecule has 6 aromatic carbocycles. The largest absolute Gasteiger partial charge is 0.496 e. The van der Waals surface area contributed by atoms with Crippen molar-refractivity contribution in [2.45, 2.75) is 142 Å². The number of ether oxygens (including phenoxy) is 6. The van der Waals surface area contributed by atoms with Gasteiger partial charge in [0.2, 0.25) is 0 Å². The predicted molar refractivity (Wildman–Crippen MR) is 489 cm³/mol. The number of anilines is 3. The average Bonchev–Trinajstić information content (AvgIpc) is 1.63. The van der Waals surface area contributed by atoms with Crippen LogP contribution in [0.1, 0.15) is 161 Å². The smallest absolute Gasteiger partial charge is 0.416 e. The number of pyridine rings is 3. The van der Waals surface area contributed by atoms with Crippen LogP contribution in [0.4, 0.5) is 71.4 Å². The van der Waals surface area contributed by atoms with Gasteiger partial charge in [-0.3, -0.25) is 14.7 Å². The molecule has 12 aromatic rings. The summed E-state index contributed by atoms with van der Waals surface area (Å²) < 4.78 is 156. The molecule has 0 radical (unpaired) electrons. The number of amides is 3. The quantitative estimate of drug-likeness (QED) is 0.0374. The van der Waals surface area contributed by atoms with Crippen molar-refractivity contribution in [1.82, 2.24) is 44.6 Å². The van der Waals surface area contributed by atoms with Crippen LogP contribution in [-0.4, -0.2) is 175 Å². The molecule has 0 saturated carbocycles. The lowest BCUT2D eigenvalue weighted by atomic mass is 9.97. The molecule has 136 heavy (non-hydrogen) atoms. The van der Waals surface area contributed by atoms with E-state index in [2.05, 4.69) is 29.7 Å². The van der Waals surface area contributed by atoms with E-state index in [0.717, 1.165) is 135 Å². The second-order valence-electron chi connectivity index (χ2n) is 33.6. The van der Waals surface area contributed by atoms with Crippen LogP contribution in [0, 0.1) is 27.7 Å². The van der Waals surface area contributed by atoms with E-state index < -0.39 is 108 Å². The summed E-state index contributed by atoms with van der Waals surface area (Å²) in [5.74, 6) is 0.587. The molecular formula is C97H89F9N12O15S3. The minimum atomic E-state index is -4.54. The van der Waals surface area contributed by atoms with Crippen molar-refractivity contribution in [3.8, 4) is 82.3 Å². The molecule has 6 saturated heterocycles. The van der Waals surface area contributed by atoms with Crippen LogP contribution in [0.5, 0.6) is 17.2 Å². The summed E-state index contributed by atoms with van der Waals surface area (Å²) in [6.07, 6.45) is -13.9. The highest BCUT2D eigenvalue weighted by molar-refractivity contribution is 7.17. The van der Waals surface area contributed by atoms with E-state index >= 15 is 0 Å². The predicted octanol–water partition coefficient (Wildman–Crippen LogP) is 21.9. The van der Waals surface area contributed by atoms with Gasteiger partial charge in [-0.05, 0) is 212 Å². The molecule has 39 heteroatoms. The van der Waals surface area contributed by atoms with Gasteiger partial charge in [0.25, 0.3) is 0 Å². The standard InChI is InChI=1S/C33H31F3N4O5S.2C32H29F3N4O5S/c1-17-12-21(14-22(13-17)33(34,35)36)28-19(3)40(32(43)45-28)16-25-23(7-9-27(38-25)39-10-5-11-39)24-15-20(6-8-26(24)44-4)30-37-18(2)29(46-30)31(41)42;1-17-11-20(13-21(12-17)32(33,34)35)28-18(2)39(31(42)44-28)16-24-22(6-8-27(37-24)38-9-4-10-38)23-14-19(5-7-25(23)43-3)29-36-15-26(45-29)30(40)41;1-17-11-20(13-21(12-17)32(33,34)35)28-18(2)39(31(42)44-28)15-24-22(6-8-27(36-24)38-9-4-10-38)23-14-19(5-7-26(23)43-3)29-37-25(16-45-29)30(40)41/h6-9,12-15,19,28H,5,10-11,16H2,1-4H3,(H,41,42);5-8,11-15,18,28H,4,9-10,16H2,1-3H3,(H,40,41);5-8,11-14,16,18,28H,4,9-10,15H2,1-3H3,(H,40,41)/t19-,28-;2*18-,28-/m000/s1. The molecule has 3 N–H and O–H groups in total. The molecule has 0 aliphatic carbocycles. The highest BCUT2D eigenvalue weighted by Gasteiger charge is 2.46. The molecule has 6 aliphatic heterocycles. The third kappa shape index (κ3) is 19.9. The number of methoxy groups -OCH3 is 3. The van der Waals surface area contributed by atoms with Gasteiger partial charge >= 0.3 is 54.7 Å². The Labute approximate surface area is 785 Å². The molecule has 708 valence electrons. The molecule has 6 atom stereocenters. The Morgan fingerprint density at radius 1 is 0.412 bits per heavy atom. The van der Waals surface area contributed by atoms with Gasteiger partial charge in [0.15, 0.2) is 5.69 Å². The van der Waals surface area contributed by atoms with Crippen molar-refractivity contribution in [2.75, 3.05) is 75.3 Å². The van der Waals surface area contributed by atoms with E-state index in [9.17, 15) is 83.6 Å². The van der Waals surface area contributed by atoms with Crippen LogP contribution in [0.3, 0.4) is 0 Å². The molecule has 3 amide bonds. The van der Waals surface area contributed by atoms with E-state index in [1.165, 1.54) is 58.9 Å². The van der Waals surface area contributed by atoms with Gasteiger partial charge in [-0.1, -0.05) is 34.9 Å². The lowest BCUT2D eigenvalue weighted by molar-refractivity contribution is -0.138. The highest BCUT2D eigenvalue weighted by Crippen LogP contribution is 2.48. The van der Waals surface area contributed by atoms with Crippen LogP contribution >= 0.6 is 34.0 Å². The number of hydrogen-bond donors (Lipinski definition) is 3. The van der Waals surface area contributed by atoms with Gasteiger partial charge in [-0.2, -0.15) is 39.5 Å². The molecule has 6 aromatic heterocycles. The summed E-state index contributed by atoms with van der Waals surface area (Å²) in [6, 6.07) is 36.9. The number of carbonyl (C=O) groups is 6. The third-order valence-corrected chi connectivity index (χ3v) is 27.6. The van der Waals surface area contributed by atoms with Crippen LogP contribution in [0.2, 0.25) is 0 Å². The van der Waals surface area contributed by atoms with Crippen molar-refractivity contribution in [1.29, 1.82) is 0 Å². The Morgan fingerprint density at radius 3 is 1.04 bits per heavy atom. The first-order valence-electron chi connectivity index (χ1n) is 43.1. The lowest BCUT2D eigenvalue weighted by Gasteiger charge is -2.33. The maximum Gasteiger partial charge on any atom is 0.416 e. The fourth-order valence-electron chi connectivity index (χ4n) is 17.0. The molecule has 6 fully saturated rings. The Balaban J connectivity index is 0.000000148. The number of rotatable bonds is 24. The number of halogens is 9. The van der Waals surface area contributed by atoms with Crippen LogP contribution in [0.15, 0.2) is 157 Å². The van der Waals surface area contributed by atoms with Gasteiger partial charge < -0.3 is 58.4 Å². The number of hydrogen-bond acceptors (Lipinski definition) is 24. The number of aromatic nitrogens is 6. The van der Waals surface area contributed by atoms with Crippen molar-refractivity contribution in [3.05, 3.63) is 245 Å². The molecule has 6 aliphatic rings. The first-order chi connectivity index (χ1) is 64.7. The zero-order valence-corrected chi connectivity index (χ0v) is 77.1. The summed E-state index contributed by atoms with van der Waals surface area (Å²) in [5, 5.41) is 31.3. The van der Waals surface area contributed by atoms with Crippen molar-refractivity contribution in [2.24, 2.45) is 0 Å². The lowest BCUT2D eigenvalue weighted by Crippen LogP contribution is -2.38. The second-order valence-corrected chi connectivity index (χ2v) is 36.5. The van der Waals surface area contributed by atoms with Gasteiger partial charge in [0.1, 0.15) is 77.8 Å². The number of cyclic esters (lactones) is 3. The van der Waals surface area contributed by atoms with Gasteiger partial charge in [0, 0.05) is 94.7 Å². The van der Waals surface area contributed by atoms with Gasteiger partial charge in [-0.25, -0.2) is 58.7 Å². The first-order valence-corrected chi connectivity index (χ1v) is 45.6. The monoisotopic (exact) mass is 1930 g/mol. The summed E-state index contributed by atoms with van der Waals surface area (Å²) in [5.41, 5.74) is 7.68. The highest BCUT2D eigenvalue weighted by atomic mass is 32.1. The number of aromatic carboxylic acids is 3. The molecule has 0 spiro atoms. The number of thiazole rings is 3. The minimum absolute atomic E-state index is 0.0262. The van der Waals surface area contributed by atoms with Crippen LogP contribution in [0.25, 0.3) is 65.1 Å². The summed E-state index contributed by atoms with van der Waals surface area (Å²) in [4.78, 5) is 113. The third-order valence-electron chi connectivity index (χ3n) is 24.5. The second kappa shape index (κ2) is 38.4. The summed E-state index contributed by atoms with van der Waals surface area (Å²) in [6.45, 7) is 16.8. The summed E-state index contributed by atoms with van der Waals surface area (Å²) >= 11 is 3.32. The fraction of sp³-hybridized carbons (Fsp3) is 0.320. The van der Waals surface area contributed by atoms with Gasteiger partial charge in [-0.15, -0.1) is 34.0 Å². The van der Waals surface area contributed by atoms with E-state index in [1.54, 1.807) is 103 Å². The van der Waals surface area contributed by atoms with Crippen molar-refractivity contribution >= 4 is 87.7 Å². The zero-order valence-electron chi connectivity index (χ0n) is 74.7. The Morgan fingerprint density at radius 2 is 0.757 bits per heavy atom. The number of carbonyl (C=O) groups excluding carboxylic acids is 3. The molecule has 0 unspecified atom stereocenters. The van der Waals surface area contributed by atoms with Crippen LogP contribution < -0.4 is 28.9 Å². The number of benzene rings is 6. The SMILES string of the molecule is COc1ccc(-c2nc(C(=O)O)cs2)cc1-c1ccc(N2CCC2)nc1CN1C(=O)O[C@H](c2cc(C)cc(C(F)(F)F)c2)[C@@H]1C.COc1ccc(-c2nc(C)c(C(=O)O)s2)cc1-c1ccc(N2CCC2)nc1CN1C(=O)O[C@H](c2cc(C)cc(C(F)(F)F)c2)[C@@H]1C.COc1ccc(-c2ncc(C(=O)O)s2)cc1-c1ccc(N2CCC2)nc1CN1C(=O)O[C@H](c2cc(C)cc(C(F)(F)F)c2)[C@@H]1C. The van der Waals surface area contributed by atoms with E-state index in [0.29, 0.717) is 122 Å². The molecule has 18 rings (SSSR count). The van der Waals surface area contributed by atoms with Gasteiger partial charge in [0.05, 0.1) is 105 Å². The average molecular weight is 1930 g/mol. The number of alkyl halides is 9. The molecule has 12 heterocycles. The Kier molecular flexibility index (Phi) is 26.9. The summed E-state index contributed by atoms with van der Waals surface area (Å²) in [7, 11) is 4.61. The molecule has 0 bridgehead atoms. The maximum atomic E-state index is 13.6. The zero-order chi connectivity index (χ0) is 97.0. The topological polar surface area (TPSA) is 315 Å². The van der Waals surface area contributed by atoms with E-state index in [-0.39, 0.29) is 51.8 Å². The number of carboxylic acids is 3. The first kappa shape index (κ1) is 95.2. The van der Waals surface area contributed by atoms with E-state index in [4.69, 9.17) is 43.4 Å². The number of carboxylic acid groups (broad SMARTS) is 3. The molecule has 27 nitrogen and oxygen atoms in total. The van der Waals surface area contributed by atoms with Crippen molar-refractivity contribution < 1.29 is 112 Å². The molecular weight excluding hydrogens is 1840 g/mol. The fourth-order valence-corrected chi connectivity index (χ4v) is 19.4. The normalized spacial score (nSPS) is 18.1. The van der Waals surface area contributed by atoms with E-state index in [1.807, 2.05) is 54.6 Å². The Hall–Kier alpha value is -14.0. The van der Waals surface area contributed by atoms with Crippen molar-refractivity contribution in [3.63, 3.8) is 0 Å². The minimum Gasteiger partial charge on any atom is -0.496 e. The van der Waals surface area contributed by atoms with Crippen LogP contribution in [-0.2, 0) is 52.4 Å². The number of aryl methyl sites for hydroxylation is 4. The Bertz CT molecular complexity index is 6400. The maximum absolute atomic E-state index is 13.6. The number of nitrogens with zero attached hydrogens (tertiary/aromatic N) is 12.